The molecule has 1 amide bonds. The van der Waals surface area contributed by atoms with Crippen LogP contribution in [0.2, 0.25) is 0 Å². The summed E-state index contributed by atoms with van der Waals surface area (Å²) in [7, 11) is 0. The fraction of sp³-hybridized carbons (Fsp3) is 0.667. The van der Waals surface area contributed by atoms with Gasteiger partial charge in [0.25, 0.3) is 0 Å². The highest BCUT2D eigenvalue weighted by Gasteiger charge is 2.29. The Morgan fingerprint density at radius 3 is 2.74 bits per heavy atom. The summed E-state index contributed by atoms with van der Waals surface area (Å²) in [5, 5.41) is 18.8. The Hall–Kier alpha value is -1.11. The van der Waals surface area contributed by atoms with Crippen molar-refractivity contribution >= 4 is 24.1 Å². The van der Waals surface area contributed by atoms with Crippen molar-refractivity contribution in [3.63, 3.8) is 0 Å². The van der Waals surface area contributed by atoms with Crippen molar-refractivity contribution in [2.24, 2.45) is 0 Å². The minimum atomic E-state index is -0.455. The number of β-amino-alcohol motifs (C(OH)–C–C–N with tert-alkyl or cyclic N) is 1. The van der Waals surface area contributed by atoms with Crippen molar-refractivity contribution in [3.8, 4) is 0 Å². The van der Waals surface area contributed by atoms with Crippen LogP contribution >= 0.6 is 12.4 Å². The van der Waals surface area contributed by atoms with Crippen LogP contribution < -0.4 is 10.6 Å². The van der Waals surface area contributed by atoms with E-state index in [0.29, 0.717) is 18.8 Å². The highest BCUT2D eigenvalue weighted by Crippen LogP contribution is 2.24. The van der Waals surface area contributed by atoms with Crippen molar-refractivity contribution in [2.45, 2.75) is 44.8 Å². The predicted molar refractivity (Wildman–Crippen MR) is 73.5 cm³/mol. The van der Waals surface area contributed by atoms with Gasteiger partial charge in [-0.25, -0.2) is 0 Å². The van der Waals surface area contributed by atoms with Gasteiger partial charge in [0.1, 0.15) is 5.76 Å². The maximum Gasteiger partial charge on any atom is 0.242 e. The summed E-state index contributed by atoms with van der Waals surface area (Å²) in [6.07, 6.45) is -0.0290. The maximum atomic E-state index is 11.9. The first-order chi connectivity index (χ1) is 8.36. The van der Waals surface area contributed by atoms with Crippen LogP contribution in [0.1, 0.15) is 33.0 Å². The average molecular weight is 290 g/mol. The molecule has 0 radical (unpaired) electrons. The molecule has 3 N–H and O–H groups in total. The third-order valence-corrected chi connectivity index (χ3v) is 2.92. The number of nitrogens with one attached hydrogen (secondary N) is 2. The summed E-state index contributed by atoms with van der Waals surface area (Å²) < 4.78 is 5.18. The summed E-state index contributed by atoms with van der Waals surface area (Å²) in [6, 6.07) is 1.36. The normalized spacial score (nSPS) is 22.9. The van der Waals surface area contributed by atoms with Crippen LogP contribution in [0.15, 0.2) is 10.6 Å². The van der Waals surface area contributed by atoms with Gasteiger partial charge in [0.05, 0.1) is 12.1 Å². The molecule has 1 fully saturated rings. The van der Waals surface area contributed by atoms with E-state index < -0.39 is 6.10 Å². The molecule has 7 heteroatoms. The van der Waals surface area contributed by atoms with E-state index >= 15 is 0 Å². The van der Waals surface area contributed by atoms with Gasteiger partial charge in [-0.1, -0.05) is 25.9 Å². The second-order valence-electron chi connectivity index (χ2n) is 5.67. The minimum absolute atomic E-state index is 0. The number of hydrogen-bond acceptors (Lipinski definition) is 5. The monoisotopic (exact) mass is 289 g/mol. The van der Waals surface area contributed by atoms with Crippen molar-refractivity contribution < 1.29 is 14.4 Å². The van der Waals surface area contributed by atoms with Crippen molar-refractivity contribution in [2.75, 3.05) is 11.9 Å². The van der Waals surface area contributed by atoms with Crippen LogP contribution in [0.3, 0.4) is 0 Å². The molecule has 0 aromatic carbocycles. The highest BCUT2D eigenvalue weighted by molar-refractivity contribution is 5.94. The lowest BCUT2D eigenvalue weighted by molar-refractivity contribution is -0.118. The van der Waals surface area contributed by atoms with Gasteiger partial charge in [0.2, 0.25) is 5.91 Å². The van der Waals surface area contributed by atoms with E-state index in [9.17, 15) is 9.90 Å². The Labute approximate surface area is 118 Å². The summed E-state index contributed by atoms with van der Waals surface area (Å²) in [5.74, 6) is 0.936. The number of anilines is 1. The molecule has 0 aliphatic carbocycles. The number of carbonyl (C=O) groups excluding carboxylic acids is 1. The molecule has 0 saturated carbocycles. The molecule has 19 heavy (non-hydrogen) atoms. The molecule has 1 aromatic rings. The van der Waals surface area contributed by atoms with Crippen LogP contribution in [-0.2, 0) is 10.2 Å². The van der Waals surface area contributed by atoms with Gasteiger partial charge in [-0.2, -0.15) is 0 Å². The Kier molecular flexibility index (Phi) is 4.95. The van der Waals surface area contributed by atoms with E-state index in [0.717, 1.165) is 5.76 Å². The second kappa shape index (κ2) is 5.90. The number of rotatable bonds is 2. The molecule has 108 valence electrons. The summed E-state index contributed by atoms with van der Waals surface area (Å²) in [4.78, 5) is 11.9. The van der Waals surface area contributed by atoms with Gasteiger partial charge >= 0.3 is 0 Å². The molecule has 0 spiro atoms. The van der Waals surface area contributed by atoms with Gasteiger partial charge < -0.3 is 20.3 Å². The Morgan fingerprint density at radius 1 is 1.58 bits per heavy atom. The molecule has 2 heterocycles. The van der Waals surface area contributed by atoms with Crippen molar-refractivity contribution in [3.05, 3.63) is 11.8 Å². The van der Waals surface area contributed by atoms with Crippen LogP contribution in [0.5, 0.6) is 0 Å². The summed E-state index contributed by atoms with van der Waals surface area (Å²) in [5.41, 5.74) is -0.141. The Bertz CT molecular complexity index is 442. The number of aliphatic hydroxyl groups excluding tert-OH is 1. The zero-order valence-electron chi connectivity index (χ0n) is 11.3. The molecule has 1 aliphatic rings. The molecular formula is C12H20ClN3O3. The molecule has 2 atom stereocenters. The Morgan fingerprint density at radius 2 is 2.26 bits per heavy atom. The number of aliphatic hydroxyl groups is 1. The first-order valence-corrected chi connectivity index (χ1v) is 6.06. The number of aromatic nitrogens is 1. The van der Waals surface area contributed by atoms with Gasteiger partial charge in [-0.3, -0.25) is 4.79 Å². The van der Waals surface area contributed by atoms with E-state index in [2.05, 4.69) is 15.8 Å². The number of carbonyl (C=O) groups is 1. The van der Waals surface area contributed by atoms with Crippen LogP contribution in [0.4, 0.5) is 5.82 Å². The fourth-order valence-electron chi connectivity index (χ4n) is 1.82. The van der Waals surface area contributed by atoms with Gasteiger partial charge in [-0.15, -0.1) is 12.4 Å². The topological polar surface area (TPSA) is 87.4 Å². The second-order valence-corrected chi connectivity index (χ2v) is 5.67. The minimum Gasteiger partial charge on any atom is -0.392 e. The van der Waals surface area contributed by atoms with Gasteiger partial charge in [-0.05, 0) is 6.42 Å². The first kappa shape index (κ1) is 15.9. The first-order valence-electron chi connectivity index (χ1n) is 6.06. The SMILES string of the molecule is CC(C)(C)c1cc(NC(=O)[C@@H]2C[C@H](O)CN2)no1.Cl. The molecule has 1 aliphatic heterocycles. The summed E-state index contributed by atoms with van der Waals surface area (Å²) in [6.45, 7) is 6.47. The van der Waals surface area contributed by atoms with Crippen LogP contribution in [0.25, 0.3) is 0 Å². The summed E-state index contributed by atoms with van der Waals surface area (Å²) >= 11 is 0. The van der Waals surface area contributed by atoms with E-state index in [4.69, 9.17) is 4.52 Å². The zero-order valence-corrected chi connectivity index (χ0v) is 12.1. The van der Waals surface area contributed by atoms with Gasteiger partial charge in [0, 0.05) is 18.0 Å². The lowest BCUT2D eigenvalue weighted by atomic mass is 9.93. The van der Waals surface area contributed by atoms with E-state index in [1.54, 1.807) is 6.07 Å². The van der Waals surface area contributed by atoms with Crippen molar-refractivity contribution in [1.82, 2.24) is 10.5 Å². The molecule has 1 aromatic heterocycles. The van der Waals surface area contributed by atoms with Gasteiger partial charge in [0.15, 0.2) is 5.82 Å². The number of nitrogens with zero attached hydrogens (tertiary/aromatic N) is 1. The van der Waals surface area contributed by atoms with E-state index in [1.165, 1.54) is 0 Å². The van der Waals surface area contributed by atoms with Crippen LogP contribution in [0, 0.1) is 0 Å². The third-order valence-electron chi connectivity index (χ3n) is 2.92. The predicted octanol–water partition coefficient (Wildman–Crippen LogP) is 1.06. The average Bonchev–Trinajstić information content (AvgIpc) is 2.85. The zero-order chi connectivity index (χ0) is 13.3. The molecule has 1 saturated heterocycles. The largest absolute Gasteiger partial charge is 0.392 e. The molecule has 2 rings (SSSR count). The fourth-order valence-corrected chi connectivity index (χ4v) is 1.82. The number of amides is 1. The lowest BCUT2D eigenvalue weighted by Crippen LogP contribution is -2.35. The highest BCUT2D eigenvalue weighted by atomic mass is 35.5. The molecule has 6 nitrogen and oxygen atoms in total. The smallest absolute Gasteiger partial charge is 0.242 e. The van der Waals surface area contributed by atoms with Crippen molar-refractivity contribution in [1.29, 1.82) is 0 Å². The number of hydrogen-bond donors (Lipinski definition) is 3. The van der Waals surface area contributed by atoms with E-state index in [1.807, 2.05) is 20.8 Å². The molecule has 0 bridgehead atoms. The lowest BCUT2D eigenvalue weighted by Gasteiger charge is -2.12. The quantitative estimate of drug-likeness (QED) is 0.758. The standard InChI is InChI=1S/C12H19N3O3.ClH/c1-12(2,3)9-5-10(15-18-9)14-11(17)8-4-7(16)6-13-8;/h5,7-8,13,16H,4,6H2,1-3H3,(H,14,15,17);1H/t7-,8-;/m0./s1. The molecular weight excluding hydrogens is 270 g/mol. The third kappa shape index (κ3) is 3.92. The Balaban J connectivity index is 0.00000180. The molecule has 0 unspecified atom stereocenters. The maximum absolute atomic E-state index is 11.9. The number of halogens is 1. The van der Waals surface area contributed by atoms with Crippen LogP contribution in [-0.4, -0.2) is 34.9 Å². The van der Waals surface area contributed by atoms with E-state index in [-0.39, 0.29) is 29.8 Å².